The van der Waals surface area contributed by atoms with Gasteiger partial charge in [-0.2, -0.15) is 0 Å². The van der Waals surface area contributed by atoms with Crippen LogP contribution in [0.15, 0.2) is 40.1 Å². The average molecular weight is 428 g/mol. The van der Waals surface area contributed by atoms with Crippen LogP contribution in [0.2, 0.25) is 0 Å². The molecule has 0 bridgehead atoms. The molecule has 4 rings (SSSR count). The van der Waals surface area contributed by atoms with Crippen molar-refractivity contribution < 1.29 is 27.9 Å². The van der Waals surface area contributed by atoms with E-state index in [0.717, 1.165) is 16.9 Å². The number of carboxylic acid groups (broad SMARTS) is 1. The number of aromatic carboxylic acids is 1. The molecule has 2 aromatic heterocycles. The Balaban J connectivity index is 1.72. The minimum Gasteiger partial charge on any atom is -0.478 e. The van der Waals surface area contributed by atoms with Crippen molar-refractivity contribution in [3.8, 4) is 11.1 Å². The van der Waals surface area contributed by atoms with Gasteiger partial charge >= 0.3 is 11.9 Å². The lowest BCUT2D eigenvalue weighted by atomic mass is 10.0. The summed E-state index contributed by atoms with van der Waals surface area (Å²) in [5.74, 6) is -4.59. The number of carboxylic acids is 1. The van der Waals surface area contributed by atoms with Gasteiger partial charge in [0.1, 0.15) is 16.1 Å². The highest BCUT2D eigenvalue weighted by Gasteiger charge is 2.26. The molecule has 6 nitrogen and oxygen atoms in total. The second-order valence-electron chi connectivity index (χ2n) is 6.66. The van der Waals surface area contributed by atoms with Crippen LogP contribution in [0.25, 0.3) is 22.2 Å². The zero-order valence-electron chi connectivity index (χ0n) is 15.7. The zero-order valence-corrected chi connectivity index (χ0v) is 16.6. The smallest absolute Gasteiger partial charge is 0.339 e. The Morgan fingerprint density at radius 2 is 1.87 bits per heavy atom. The summed E-state index contributed by atoms with van der Waals surface area (Å²) in [6.45, 7) is 3.27. The molecular weight excluding hydrogens is 414 g/mol. The first-order valence-corrected chi connectivity index (χ1v) is 9.62. The Morgan fingerprint density at radius 1 is 1.10 bits per heavy atom. The zero-order chi connectivity index (χ0) is 21.6. The molecule has 4 aromatic rings. The minimum atomic E-state index is -1.39. The van der Waals surface area contributed by atoms with Gasteiger partial charge in [-0.05, 0) is 37.1 Å². The van der Waals surface area contributed by atoms with Gasteiger partial charge in [0.2, 0.25) is 0 Å². The summed E-state index contributed by atoms with van der Waals surface area (Å²) in [6, 6.07) is 7.90. The number of nitrogens with one attached hydrogen (secondary N) is 1. The Morgan fingerprint density at radius 3 is 2.60 bits per heavy atom. The number of nitrogens with zero attached hydrogens (tertiary/aromatic N) is 1. The normalized spacial score (nSPS) is 11.1. The van der Waals surface area contributed by atoms with E-state index in [0.29, 0.717) is 11.1 Å². The van der Waals surface area contributed by atoms with Crippen LogP contribution >= 0.6 is 11.3 Å². The fourth-order valence-electron chi connectivity index (χ4n) is 3.00. The number of carbonyl (C=O) groups is 2. The van der Waals surface area contributed by atoms with E-state index in [1.54, 1.807) is 12.1 Å². The lowest BCUT2D eigenvalue weighted by Gasteiger charge is -2.07. The van der Waals surface area contributed by atoms with Crippen LogP contribution in [0.5, 0.6) is 0 Å². The molecule has 0 fully saturated rings. The Bertz CT molecular complexity index is 1330. The SMILES string of the molecule is Cc1ccc2nc(C(=O)Nc3scc(-c4ccc(C)c(F)c4F)c3C(=O)O)oc2c1. The Kier molecular flexibility index (Phi) is 4.83. The molecule has 0 aliphatic heterocycles. The molecule has 9 heteroatoms. The van der Waals surface area contributed by atoms with Crippen LogP contribution in [0.1, 0.15) is 32.2 Å². The highest BCUT2D eigenvalue weighted by atomic mass is 32.1. The predicted molar refractivity (Wildman–Crippen MR) is 108 cm³/mol. The molecule has 0 saturated carbocycles. The van der Waals surface area contributed by atoms with Crippen molar-refractivity contribution in [3.05, 3.63) is 69.9 Å². The summed E-state index contributed by atoms with van der Waals surface area (Å²) in [5.41, 5.74) is 1.34. The van der Waals surface area contributed by atoms with E-state index in [1.807, 2.05) is 13.0 Å². The molecule has 0 radical (unpaired) electrons. The minimum absolute atomic E-state index is 0.0348. The van der Waals surface area contributed by atoms with E-state index in [4.69, 9.17) is 4.42 Å². The van der Waals surface area contributed by atoms with E-state index in [9.17, 15) is 23.5 Å². The standard InChI is InChI=1S/C21H14F2N2O4S/c1-9-3-6-13-14(7-9)29-19(24-13)18(26)25-20-15(21(27)28)12(8-30-20)11-5-4-10(2)16(22)17(11)23/h3-8H,1-2H3,(H,25,26)(H,27,28). The predicted octanol–water partition coefficient (Wildman–Crippen LogP) is 5.40. The number of oxazole rings is 1. The molecule has 0 aliphatic carbocycles. The maximum absolute atomic E-state index is 14.4. The highest BCUT2D eigenvalue weighted by Crippen LogP contribution is 2.38. The molecule has 2 aromatic carbocycles. The second-order valence-corrected chi connectivity index (χ2v) is 7.54. The summed E-state index contributed by atoms with van der Waals surface area (Å²) < 4.78 is 33.8. The molecule has 152 valence electrons. The third kappa shape index (κ3) is 3.33. The number of amides is 1. The van der Waals surface area contributed by atoms with Gasteiger partial charge in [0.05, 0.1) is 0 Å². The quantitative estimate of drug-likeness (QED) is 0.454. The molecule has 0 unspecified atom stereocenters. The van der Waals surface area contributed by atoms with Crippen LogP contribution in [0.4, 0.5) is 13.8 Å². The first-order valence-electron chi connectivity index (χ1n) is 8.74. The van der Waals surface area contributed by atoms with Crippen molar-refractivity contribution >= 4 is 39.3 Å². The van der Waals surface area contributed by atoms with Gasteiger partial charge in [-0.3, -0.25) is 4.79 Å². The molecular formula is C21H14F2N2O4S. The molecule has 0 aliphatic rings. The number of fused-ring (bicyclic) bond motifs is 1. The van der Waals surface area contributed by atoms with Crippen LogP contribution in [0, 0.1) is 25.5 Å². The third-order valence-electron chi connectivity index (χ3n) is 4.54. The summed E-state index contributed by atoms with van der Waals surface area (Å²) >= 11 is 0.879. The highest BCUT2D eigenvalue weighted by molar-refractivity contribution is 7.15. The van der Waals surface area contributed by atoms with Crippen molar-refractivity contribution in [2.45, 2.75) is 13.8 Å². The van der Waals surface area contributed by atoms with Gasteiger partial charge in [0, 0.05) is 16.5 Å². The topological polar surface area (TPSA) is 92.4 Å². The molecule has 2 N–H and O–H groups in total. The van der Waals surface area contributed by atoms with Gasteiger partial charge < -0.3 is 14.8 Å². The van der Waals surface area contributed by atoms with Gasteiger partial charge in [-0.25, -0.2) is 18.6 Å². The van der Waals surface area contributed by atoms with E-state index >= 15 is 0 Å². The number of aromatic nitrogens is 1. The average Bonchev–Trinajstić information content (AvgIpc) is 3.30. The lowest BCUT2D eigenvalue weighted by Crippen LogP contribution is -2.14. The van der Waals surface area contributed by atoms with Crippen LogP contribution < -0.4 is 5.32 Å². The number of rotatable bonds is 4. The Labute approximate surface area is 172 Å². The molecule has 0 spiro atoms. The number of aryl methyl sites for hydroxylation is 2. The summed E-state index contributed by atoms with van der Waals surface area (Å²) in [5, 5.41) is 13.4. The van der Waals surface area contributed by atoms with Crippen molar-refractivity contribution in [1.29, 1.82) is 0 Å². The first-order chi connectivity index (χ1) is 14.3. The van der Waals surface area contributed by atoms with Crippen molar-refractivity contribution in [2.75, 3.05) is 5.32 Å². The van der Waals surface area contributed by atoms with E-state index in [1.165, 1.54) is 24.4 Å². The van der Waals surface area contributed by atoms with Crippen LogP contribution in [0.3, 0.4) is 0 Å². The third-order valence-corrected chi connectivity index (χ3v) is 5.43. The van der Waals surface area contributed by atoms with Crippen LogP contribution in [-0.4, -0.2) is 22.0 Å². The number of anilines is 1. The molecule has 0 atom stereocenters. The summed E-state index contributed by atoms with van der Waals surface area (Å²) in [4.78, 5) is 28.5. The number of hydrogen-bond acceptors (Lipinski definition) is 5. The van der Waals surface area contributed by atoms with E-state index in [-0.39, 0.29) is 33.1 Å². The van der Waals surface area contributed by atoms with Gasteiger partial charge in [0.25, 0.3) is 5.89 Å². The fraction of sp³-hybridized carbons (Fsp3) is 0.0952. The van der Waals surface area contributed by atoms with Crippen molar-refractivity contribution in [2.24, 2.45) is 0 Å². The number of carbonyl (C=O) groups excluding carboxylic acids is 1. The maximum atomic E-state index is 14.4. The fourth-order valence-corrected chi connectivity index (χ4v) is 3.95. The molecule has 30 heavy (non-hydrogen) atoms. The number of halogens is 2. The Hall–Kier alpha value is -3.59. The largest absolute Gasteiger partial charge is 0.478 e. The van der Waals surface area contributed by atoms with Gasteiger partial charge in [-0.15, -0.1) is 11.3 Å². The monoisotopic (exact) mass is 428 g/mol. The van der Waals surface area contributed by atoms with Crippen molar-refractivity contribution in [1.82, 2.24) is 4.98 Å². The summed E-state index contributed by atoms with van der Waals surface area (Å²) in [7, 11) is 0. The van der Waals surface area contributed by atoms with E-state index in [2.05, 4.69) is 10.3 Å². The lowest BCUT2D eigenvalue weighted by molar-refractivity contribution is 0.0699. The molecule has 0 saturated heterocycles. The van der Waals surface area contributed by atoms with Gasteiger partial charge in [-0.1, -0.05) is 18.2 Å². The van der Waals surface area contributed by atoms with Crippen molar-refractivity contribution in [3.63, 3.8) is 0 Å². The molecule has 2 heterocycles. The number of hydrogen-bond donors (Lipinski definition) is 2. The maximum Gasteiger partial charge on any atom is 0.339 e. The molecule has 1 amide bonds. The first kappa shape index (κ1) is 19.7. The van der Waals surface area contributed by atoms with Crippen LogP contribution in [-0.2, 0) is 0 Å². The second kappa shape index (κ2) is 7.34. The number of benzene rings is 2. The number of thiophene rings is 1. The summed E-state index contributed by atoms with van der Waals surface area (Å²) in [6.07, 6.45) is 0. The van der Waals surface area contributed by atoms with E-state index < -0.39 is 23.5 Å². The van der Waals surface area contributed by atoms with Gasteiger partial charge in [0.15, 0.2) is 17.2 Å².